The van der Waals surface area contributed by atoms with Crippen LogP contribution in [0.25, 0.3) is 11.0 Å². The lowest BCUT2D eigenvalue weighted by molar-refractivity contribution is 0.274. The van der Waals surface area contributed by atoms with Crippen molar-refractivity contribution in [2.24, 2.45) is 0 Å². The molecule has 0 bridgehead atoms. The van der Waals surface area contributed by atoms with E-state index in [9.17, 15) is 5.11 Å². The normalized spacial score (nSPS) is 10.7. The van der Waals surface area contributed by atoms with E-state index in [1.165, 1.54) is 0 Å². The summed E-state index contributed by atoms with van der Waals surface area (Å²) in [5.41, 5.74) is 2.47. The molecule has 0 saturated heterocycles. The maximum absolute atomic E-state index is 9.37. The molecule has 1 aromatic heterocycles. The summed E-state index contributed by atoms with van der Waals surface area (Å²) in [7, 11) is 3.23. The summed E-state index contributed by atoms with van der Waals surface area (Å²) in [6.45, 7) is 0.483. The van der Waals surface area contributed by atoms with Gasteiger partial charge in [0.05, 0.1) is 27.4 Å². The Balaban J connectivity index is 1.75. The van der Waals surface area contributed by atoms with Crippen LogP contribution in [0.15, 0.2) is 46.9 Å². The summed E-state index contributed by atoms with van der Waals surface area (Å²) in [5, 5.41) is 13.7. The highest BCUT2D eigenvalue weighted by Gasteiger charge is 2.07. The second-order valence-corrected chi connectivity index (χ2v) is 5.15. The van der Waals surface area contributed by atoms with Gasteiger partial charge in [-0.15, -0.1) is 0 Å². The van der Waals surface area contributed by atoms with Crippen LogP contribution in [0.2, 0.25) is 0 Å². The zero-order valence-corrected chi connectivity index (χ0v) is 13.1. The summed E-state index contributed by atoms with van der Waals surface area (Å²) >= 11 is 0. The van der Waals surface area contributed by atoms with E-state index in [0.717, 1.165) is 33.7 Å². The number of anilines is 1. The molecule has 3 aromatic rings. The fraction of sp³-hybridized carbons (Fsp3) is 0.222. The first-order valence-electron chi connectivity index (χ1n) is 7.31. The minimum atomic E-state index is -0.0663. The monoisotopic (exact) mass is 313 g/mol. The predicted octanol–water partition coefficient (Wildman–Crippen LogP) is 3.55. The quantitative estimate of drug-likeness (QED) is 0.728. The molecular weight excluding hydrogens is 294 g/mol. The van der Waals surface area contributed by atoms with Gasteiger partial charge >= 0.3 is 0 Å². The Labute approximate surface area is 134 Å². The summed E-state index contributed by atoms with van der Waals surface area (Å²) in [4.78, 5) is 0. The van der Waals surface area contributed by atoms with Gasteiger partial charge in [-0.2, -0.15) is 0 Å². The lowest BCUT2D eigenvalue weighted by atomic mass is 10.2. The third-order valence-corrected chi connectivity index (χ3v) is 3.69. The highest BCUT2D eigenvalue weighted by atomic mass is 16.5. The van der Waals surface area contributed by atoms with E-state index in [1.54, 1.807) is 14.2 Å². The fourth-order valence-electron chi connectivity index (χ4n) is 2.49. The molecule has 0 fully saturated rings. The first-order chi connectivity index (χ1) is 11.2. The van der Waals surface area contributed by atoms with Gasteiger partial charge < -0.3 is 24.3 Å². The molecule has 0 atom stereocenters. The Morgan fingerprint density at radius 3 is 2.65 bits per heavy atom. The number of benzene rings is 2. The van der Waals surface area contributed by atoms with Crippen LogP contribution in [0, 0.1) is 0 Å². The van der Waals surface area contributed by atoms with Crippen molar-refractivity contribution in [1.82, 2.24) is 0 Å². The Kier molecular flexibility index (Phi) is 4.39. The number of nitrogens with one attached hydrogen (secondary N) is 1. The summed E-state index contributed by atoms with van der Waals surface area (Å²) in [6, 6.07) is 13.3. The summed E-state index contributed by atoms with van der Waals surface area (Å²) < 4.78 is 16.2. The van der Waals surface area contributed by atoms with Crippen LogP contribution in [0.5, 0.6) is 11.5 Å². The molecule has 23 heavy (non-hydrogen) atoms. The lowest BCUT2D eigenvalue weighted by Gasteiger charge is -2.10. The maximum atomic E-state index is 9.37. The Bertz CT molecular complexity index is 810. The average molecular weight is 313 g/mol. The molecule has 5 nitrogen and oxygen atoms in total. The number of methoxy groups -OCH3 is 2. The standard InChI is InChI=1S/C18H19NO4/c1-21-15-4-6-18-12(8-15)9-16(23-18)10-19-14-3-5-17(22-2)13(7-14)11-20/h3-9,19-20H,10-11H2,1-2H3. The number of fused-ring (bicyclic) bond motifs is 1. The van der Waals surface area contributed by atoms with E-state index in [-0.39, 0.29) is 6.61 Å². The number of furan rings is 1. The minimum absolute atomic E-state index is 0.0663. The highest BCUT2D eigenvalue weighted by Crippen LogP contribution is 2.26. The molecule has 0 aliphatic rings. The van der Waals surface area contributed by atoms with Crippen LogP contribution in [-0.2, 0) is 13.2 Å². The van der Waals surface area contributed by atoms with Gasteiger partial charge in [0.15, 0.2) is 0 Å². The zero-order valence-electron chi connectivity index (χ0n) is 13.1. The number of rotatable bonds is 6. The van der Waals surface area contributed by atoms with Crippen molar-refractivity contribution in [3.8, 4) is 11.5 Å². The molecule has 2 N–H and O–H groups in total. The van der Waals surface area contributed by atoms with Crippen molar-refractivity contribution in [1.29, 1.82) is 0 Å². The summed E-state index contributed by atoms with van der Waals surface area (Å²) in [6.07, 6.45) is 0. The van der Waals surface area contributed by atoms with Crippen molar-refractivity contribution >= 4 is 16.7 Å². The number of aliphatic hydroxyl groups is 1. The molecule has 0 radical (unpaired) electrons. The van der Waals surface area contributed by atoms with Crippen molar-refractivity contribution < 1.29 is 19.0 Å². The van der Waals surface area contributed by atoms with Crippen LogP contribution >= 0.6 is 0 Å². The van der Waals surface area contributed by atoms with Crippen molar-refractivity contribution in [3.63, 3.8) is 0 Å². The first kappa shape index (κ1) is 15.2. The van der Waals surface area contributed by atoms with Gasteiger partial charge in [-0.3, -0.25) is 0 Å². The van der Waals surface area contributed by atoms with Gasteiger partial charge in [0.2, 0.25) is 0 Å². The van der Waals surface area contributed by atoms with Crippen LogP contribution in [0.1, 0.15) is 11.3 Å². The van der Waals surface area contributed by atoms with Crippen LogP contribution < -0.4 is 14.8 Å². The van der Waals surface area contributed by atoms with Gasteiger partial charge in [-0.25, -0.2) is 0 Å². The van der Waals surface area contributed by atoms with Gasteiger partial charge in [0, 0.05) is 16.6 Å². The largest absolute Gasteiger partial charge is 0.497 e. The molecule has 3 rings (SSSR count). The Morgan fingerprint density at radius 1 is 1.04 bits per heavy atom. The van der Waals surface area contributed by atoms with Gasteiger partial charge in [0.1, 0.15) is 22.8 Å². The Hall–Kier alpha value is -2.66. The average Bonchev–Trinajstić information content (AvgIpc) is 3.01. The third kappa shape index (κ3) is 3.24. The zero-order chi connectivity index (χ0) is 16.2. The molecule has 0 saturated carbocycles. The van der Waals surface area contributed by atoms with E-state index in [0.29, 0.717) is 12.3 Å². The van der Waals surface area contributed by atoms with Gasteiger partial charge in [-0.1, -0.05) is 0 Å². The smallest absolute Gasteiger partial charge is 0.134 e. The van der Waals surface area contributed by atoms with Gasteiger partial charge in [0.25, 0.3) is 0 Å². The molecule has 1 heterocycles. The number of hydrogen-bond acceptors (Lipinski definition) is 5. The van der Waals surface area contributed by atoms with Crippen molar-refractivity contribution in [2.45, 2.75) is 13.2 Å². The SMILES string of the molecule is COc1ccc2oc(CNc3ccc(OC)c(CO)c3)cc2c1. The molecule has 0 unspecified atom stereocenters. The molecule has 5 heteroatoms. The van der Waals surface area contributed by atoms with Crippen molar-refractivity contribution in [2.75, 3.05) is 19.5 Å². The van der Waals surface area contributed by atoms with E-state index in [4.69, 9.17) is 13.9 Å². The highest BCUT2D eigenvalue weighted by molar-refractivity contribution is 5.79. The second-order valence-electron chi connectivity index (χ2n) is 5.15. The predicted molar refractivity (Wildman–Crippen MR) is 89.0 cm³/mol. The first-order valence-corrected chi connectivity index (χ1v) is 7.31. The number of ether oxygens (including phenoxy) is 2. The molecule has 0 aliphatic heterocycles. The van der Waals surface area contributed by atoms with E-state index >= 15 is 0 Å². The molecule has 0 spiro atoms. The molecule has 120 valence electrons. The minimum Gasteiger partial charge on any atom is -0.497 e. The van der Waals surface area contributed by atoms with Crippen LogP contribution in [0.4, 0.5) is 5.69 Å². The van der Waals surface area contributed by atoms with Crippen LogP contribution in [-0.4, -0.2) is 19.3 Å². The third-order valence-electron chi connectivity index (χ3n) is 3.69. The van der Waals surface area contributed by atoms with E-state index < -0.39 is 0 Å². The molecular formula is C18H19NO4. The summed E-state index contributed by atoms with van der Waals surface area (Å²) in [5.74, 6) is 2.31. The topological polar surface area (TPSA) is 63.9 Å². The van der Waals surface area contributed by atoms with Crippen molar-refractivity contribution in [3.05, 3.63) is 53.8 Å². The fourth-order valence-corrected chi connectivity index (χ4v) is 2.49. The molecule has 2 aromatic carbocycles. The molecule has 0 aliphatic carbocycles. The Morgan fingerprint density at radius 2 is 1.91 bits per heavy atom. The number of hydrogen-bond donors (Lipinski definition) is 2. The maximum Gasteiger partial charge on any atom is 0.134 e. The van der Waals surface area contributed by atoms with E-state index in [1.807, 2.05) is 42.5 Å². The number of aliphatic hydroxyl groups excluding tert-OH is 1. The lowest BCUT2D eigenvalue weighted by Crippen LogP contribution is -2.00. The van der Waals surface area contributed by atoms with Crippen LogP contribution in [0.3, 0.4) is 0 Å². The van der Waals surface area contributed by atoms with Gasteiger partial charge in [-0.05, 0) is 42.5 Å². The molecule has 0 amide bonds. The van der Waals surface area contributed by atoms with E-state index in [2.05, 4.69) is 5.32 Å². The second kappa shape index (κ2) is 6.62.